The van der Waals surface area contributed by atoms with Crippen LogP contribution in [0.5, 0.6) is 0 Å². The average Bonchev–Trinajstić information content (AvgIpc) is 3.18. The largest absolute Gasteiger partial charge is 0.356 e. The summed E-state index contributed by atoms with van der Waals surface area (Å²) in [6.45, 7) is 3.48. The van der Waals surface area contributed by atoms with Crippen molar-refractivity contribution in [2.75, 3.05) is 25.9 Å². The van der Waals surface area contributed by atoms with Gasteiger partial charge in [-0.05, 0) is 42.8 Å². The van der Waals surface area contributed by atoms with E-state index < -0.39 is 17.8 Å². The van der Waals surface area contributed by atoms with Gasteiger partial charge in [-0.2, -0.15) is 0 Å². The summed E-state index contributed by atoms with van der Waals surface area (Å²) in [4.78, 5) is 55.1. The minimum absolute atomic E-state index is 0. The molecule has 1 aromatic heterocycles. The van der Waals surface area contributed by atoms with Crippen LogP contribution in [0.2, 0.25) is 0 Å². The van der Waals surface area contributed by atoms with Crippen molar-refractivity contribution in [1.29, 1.82) is 0 Å². The topological polar surface area (TPSA) is 144 Å². The van der Waals surface area contributed by atoms with Crippen molar-refractivity contribution >= 4 is 58.1 Å². The standard InChI is InChI=1S/C18H23N3O5S2.C2H7NS.CH5N.CH4/c22-14(10-13-27-28-15-6-3-5-12-20-15)19-11-4-1-2-7-18(25)26-21-16(23)8-9-17(21)24;1-2-3-4;1-2;/h3,5-6,12H,1-2,4,7-11,13H2,(H,19,22);3-4H,2H2,1H3;2H2,1H3;1H4. The van der Waals surface area contributed by atoms with Gasteiger partial charge in [-0.1, -0.05) is 50.4 Å². The number of imide groups is 1. The first-order valence-electron chi connectivity index (χ1n) is 11.0. The lowest BCUT2D eigenvalue weighted by Gasteiger charge is -2.12. The monoisotopic (exact) mass is 549 g/mol. The Morgan fingerprint density at radius 3 is 2.37 bits per heavy atom. The van der Waals surface area contributed by atoms with E-state index in [1.807, 2.05) is 25.1 Å². The zero-order chi connectivity index (χ0) is 25.6. The fourth-order valence-electron chi connectivity index (χ4n) is 2.33. The van der Waals surface area contributed by atoms with Crippen molar-refractivity contribution in [2.24, 2.45) is 5.73 Å². The fourth-order valence-corrected chi connectivity index (χ4v) is 4.19. The summed E-state index contributed by atoms with van der Waals surface area (Å²) < 4.78 is 2.62. The number of carbonyl (C=O) groups is 4. The second-order valence-electron chi connectivity index (χ2n) is 6.54. The Balaban J connectivity index is 0. The van der Waals surface area contributed by atoms with Crippen LogP contribution in [0.25, 0.3) is 0 Å². The van der Waals surface area contributed by atoms with Crippen molar-refractivity contribution in [3.63, 3.8) is 0 Å². The molecule has 0 atom stereocenters. The second kappa shape index (κ2) is 23.9. The van der Waals surface area contributed by atoms with Gasteiger partial charge in [0.05, 0.1) is 0 Å². The molecule has 0 radical (unpaired) electrons. The third-order valence-electron chi connectivity index (χ3n) is 3.93. The van der Waals surface area contributed by atoms with E-state index in [-0.39, 0.29) is 32.6 Å². The summed E-state index contributed by atoms with van der Waals surface area (Å²) in [7, 11) is 4.64. The molecule has 1 aromatic rings. The molecule has 1 saturated heterocycles. The van der Waals surface area contributed by atoms with Crippen LogP contribution in [0.3, 0.4) is 0 Å². The lowest BCUT2D eigenvalue weighted by atomic mass is 10.2. The number of hydrogen-bond acceptors (Lipinski definition) is 11. The Kier molecular flexibility index (Phi) is 24.2. The Labute approximate surface area is 222 Å². The molecule has 0 saturated carbocycles. The van der Waals surface area contributed by atoms with Gasteiger partial charge in [-0.15, -0.1) is 5.06 Å². The van der Waals surface area contributed by atoms with Gasteiger partial charge in [0.25, 0.3) is 11.8 Å². The highest BCUT2D eigenvalue weighted by atomic mass is 33.1. The molecule has 0 spiro atoms. The maximum absolute atomic E-state index is 11.8. The number of pyridine rings is 1. The van der Waals surface area contributed by atoms with Crippen LogP contribution in [0.4, 0.5) is 0 Å². The van der Waals surface area contributed by atoms with Gasteiger partial charge in [0, 0.05) is 50.7 Å². The highest BCUT2D eigenvalue weighted by molar-refractivity contribution is 8.76. The average molecular weight is 550 g/mol. The van der Waals surface area contributed by atoms with Gasteiger partial charge < -0.3 is 15.9 Å². The van der Waals surface area contributed by atoms with Crippen molar-refractivity contribution in [3.8, 4) is 0 Å². The third-order valence-corrected chi connectivity index (χ3v) is 6.51. The van der Waals surface area contributed by atoms with Gasteiger partial charge in [0.2, 0.25) is 5.91 Å². The van der Waals surface area contributed by atoms with Gasteiger partial charge >= 0.3 is 5.97 Å². The summed E-state index contributed by atoms with van der Waals surface area (Å²) in [5.74, 6) is -0.836. The molecule has 0 unspecified atom stereocenters. The molecule has 4 N–H and O–H groups in total. The maximum Gasteiger partial charge on any atom is 0.333 e. The minimum atomic E-state index is -0.588. The molecule has 2 rings (SSSR count). The van der Waals surface area contributed by atoms with Crippen LogP contribution >= 0.6 is 34.4 Å². The zero-order valence-electron chi connectivity index (χ0n) is 19.7. The van der Waals surface area contributed by atoms with Crippen LogP contribution < -0.4 is 15.8 Å². The third kappa shape index (κ3) is 18.2. The minimum Gasteiger partial charge on any atom is -0.356 e. The number of aromatic nitrogens is 1. The van der Waals surface area contributed by atoms with Crippen LogP contribution in [0.15, 0.2) is 29.4 Å². The number of thiol groups is 1. The van der Waals surface area contributed by atoms with E-state index in [1.165, 1.54) is 7.05 Å². The van der Waals surface area contributed by atoms with E-state index in [2.05, 4.69) is 33.6 Å². The highest BCUT2D eigenvalue weighted by Gasteiger charge is 2.32. The lowest BCUT2D eigenvalue weighted by molar-refractivity contribution is -0.197. The predicted octanol–water partition coefficient (Wildman–Crippen LogP) is 3.15. The molecule has 3 amide bonds. The molecule has 10 nitrogen and oxygen atoms in total. The number of rotatable bonds is 13. The summed E-state index contributed by atoms with van der Waals surface area (Å²) in [5, 5.41) is 4.33. The molecule has 200 valence electrons. The van der Waals surface area contributed by atoms with Gasteiger partial charge in [-0.25, -0.2) is 9.78 Å². The maximum atomic E-state index is 11.8. The molecule has 0 bridgehead atoms. The van der Waals surface area contributed by atoms with E-state index in [1.54, 1.807) is 27.8 Å². The molecule has 1 aliphatic heterocycles. The van der Waals surface area contributed by atoms with E-state index in [0.717, 1.165) is 24.4 Å². The van der Waals surface area contributed by atoms with E-state index in [0.29, 0.717) is 30.2 Å². The SMILES string of the molecule is C.CCNS.CN.O=C(CCSSc1ccccn1)NCCCCCC(=O)ON1C(=O)CCC1=O. The summed E-state index contributed by atoms with van der Waals surface area (Å²) >= 11 is 3.67. The first-order valence-corrected chi connectivity index (χ1v) is 13.7. The number of nitrogens with zero attached hydrogens (tertiary/aromatic N) is 2. The van der Waals surface area contributed by atoms with E-state index >= 15 is 0 Å². The Hall–Kier alpha value is -1.80. The van der Waals surface area contributed by atoms with Gasteiger partial charge in [0.15, 0.2) is 0 Å². The quantitative estimate of drug-likeness (QED) is 0.125. The van der Waals surface area contributed by atoms with Crippen molar-refractivity contribution in [3.05, 3.63) is 24.4 Å². The number of hydrogen-bond donors (Lipinski definition) is 4. The number of amides is 3. The summed E-state index contributed by atoms with van der Waals surface area (Å²) in [6, 6.07) is 5.71. The molecule has 0 aliphatic carbocycles. The number of carbonyl (C=O) groups excluding carboxylic acids is 4. The summed E-state index contributed by atoms with van der Waals surface area (Å²) in [6.07, 6.45) is 4.54. The van der Waals surface area contributed by atoms with Crippen molar-refractivity contribution in [2.45, 2.75) is 64.3 Å². The zero-order valence-corrected chi connectivity index (χ0v) is 22.2. The fraction of sp³-hybridized carbons (Fsp3) is 0.591. The van der Waals surface area contributed by atoms with Gasteiger partial charge in [0.1, 0.15) is 5.03 Å². The van der Waals surface area contributed by atoms with E-state index in [4.69, 9.17) is 4.84 Å². The Morgan fingerprint density at radius 2 is 1.80 bits per heavy atom. The first-order chi connectivity index (χ1) is 16.5. The Bertz CT molecular complexity index is 711. The molecule has 0 aromatic carbocycles. The molecule has 13 heteroatoms. The van der Waals surface area contributed by atoms with Crippen molar-refractivity contribution in [1.82, 2.24) is 20.1 Å². The number of hydroxylamine groups is 2. The van der Waals surface area contributed by atoms with E-state index in [9.17, 15) is 19.2 Å². The lowest BCUT2D eigenvalue weighted by Crippen LogP contribution is -2.31. The summed E-state index contributed by atoms with van der Waals surface area (Å²) in [5.41, 5.74) is 4.50. The molecule has 1 aliphatic rings. The van der Waals surface area contributed by atoms with Gasteiger partial charge in [-0.3, -0.25) is 19.1 Å². The Morgan fingerprint density at radius 1 is 1.14 bits per heavy atom. The smallest absolute Gasteiger partial charge is 0.333 e. The molecular weight excluding hydrogens is 510 g/mol. The molecule has 35 heavy (non-hydrogen) atoms. The van der Waals surface area contributed by atoms with Crippen LogP contribution in [-0.4, -0.2) is 59.6 Å². The van der Waals surface area contributed by atoms with Crippen LogP contribution in [-0.2, 0) is 24.0 Å². The second-order valence-corrected chi connectivity index (χ2v) is 9.29. The number of nitrogens with one attached hydrogen (secondary N) is 2. The molecule has 2 heterocycles. The van der Waals surface area contributed by atoms with Crippen LogP contribution in [0, 0.1) is 0 Å². The van der Waals surface area contributed by atoms with Crippen molar-refractivity contribution < 1.29 is 24.0 Å². The number of unbranched alkanes of at least 4 members (excludes halogenated alkanes) is 2. The predicted molar refractivity (Wildman–Crippen MR) is 145 cm³/mol. The normalized spacial score (nSPS) is 11.9. The highest BCUT2D eigenvalue weighted by Crippen LogP contribution is 2.29. The molecule has 1 fully saturated rings. The first kappa shape index (κ1) is 35.4. The van der Waals surface area contributed by atoms with Crippen LogP contribution in [0.1, 0.15) is 59.3 Å². The number of nitrogens with two attached hydrogens (primary N) is 1. The molecular formula is C22H39N5O5S3.